The molecule has 2 fully saturated rings. The molecule has 2 aromatic rings. The first-order valence-corrected chi connectivity index (χ1v) is 9.78. The number of anilines is 1. The molecule has 1 saturated carbocycles. The maximum Gasteiger partial charge on any atom is 0.254 e. The first-order valence-electron chi connectivity index (χ1n) is 8.28. The van der Waals surface area contributed by atoms with Crippen molar-refractivity contribution in [3.8, 4) is 0 Å². The van der Waals surface area contributed by atoms with Gasteiger partial charge in [-0.1, -0.05) is 0 Å². The lowest BCUT2D eigenvalue weighted by molar-refractivity contribution is 0.389. The number of sulfonamides is 1. The molecule has 1 aliphatic carbocycles. The number of likely N-dealkylation sites (N-methyl/N-ethyl adjacent to an activating group) is 1. The highest BCUT2D eigenvalue weighted by Gasteiger charge is 2.42. The highest BCUT2D eigenvalue weighted by atomic mass is 32.2. The van der Waals surface area contributed by atoms with Crippen LogP contribution in [0.5, 0.6) is 0 Å². The predicted octanol–water partition coefficient (Wildman–Crippen LogP) is 0.744. The van der Waals surface area contributed by atoms with E-state index in [1.165, 1.54) is 6.33 Å². The molecule has 3 heterocycles. The van der Waals surface area contributed by atoms with Gasteiger partial charge >= 0.3 is 0 Å². The molecule has 130 valence electrons. The number of nitrogens with zero attached hydrogens (tertiary/aromatic N) is 6. The summed E-state index contributed by atoms with van der Waals surface area (Å²) in [5, 5.41) is 4.13. The molecule has 0 bridgehead atoms. The minimum Gasteiger partial charge on any atom is -0.355 e. The first kappa shape index (κ1) is 15.8. The molecule has 0 spiro atoms. The van der Waals surface area contributed by atoms with E-state index in [0.29, 0.717) is 12.3 Å². The summed E-state index contributed by atoms with van der Waals surface area (Å²) >= 11 is 0. The molecule has 24 heavy (non-hydrogen) atoms. The monoisotopic (exact) mass is 350 g/mol. The molecule has 1 aliphatic heterocycles. The van der Waals surface area contributed by atoms with Crippen molar-refractivity contribution >= 4 is 21.6 Å². The number of hydrogen-bond donors (Lipinski definition) is 0. The summed E-state index contributed by atoms with van der Waals surface area (Å²) < 4.78 is 28.3. The van der Waals surface area contributed by atoms with Crippen LogP contribution in [-0.2, 0) is 10.0 Å². The van der Waals surface area contributed by atoms with Gasteiger partial charge in [-0.15, -0.1) is 0 Å². The standard InChI is InChI=1S/C15H22N6O2S/c1-10-11(2)18-15-16-9-17-21(15)14(10)20-7-6-12(8-20)19(3)24(22,23)13-4-5-13/h9,12-13H,4-8H2,1-3H3. The Hall–Kier alpha value is -1.74. The zero-order valence-electron chi connectivity index (χ0n) is 14.2. The molecular weight excluding hydrogens is 328 g/mol. The Morgan fingerprint density at radius 3 is 2.71 bits per heavy atom. The summed E-state index contributed by atoms with van der Waals surface area (Å²) in [5.74, 6) is 1.55. The second kappa shape index (κ2) is 5.38. The Bertz CT molecular complexity index is 889. The van der Waals surface area contributed by atoms with Gasteiger partial charge in [0.25, 0.3) is 5.78 Å². The van der Waals surface area contributed by atoms with Crippen molar-refractivity contribution in [1.82, 2.24) is 23.9 Å². The summed E-state index contributed by atoms with van der Waals surface area (Å²) in [4.78, 5) is 10.8. The Labute approximate surface area is 141 Å². The average Bonchev–Trinajstić information content (AvgIpc) is 3.15. The molecule has 8 nitrogen and oxygen atoms in total. The van der Waals surface area contributed by atoms with Crippen molar-refractivity contribution in [3.05, 3.63) is 17.6 Å². The van der Waals surface area contributed by atoms with Crippen LogP contribution in [0.2, 0.25) is 0 Å². The SMILES string of the molecule is Cc1nc2ncnn2c(N2CCC(N(C)S(=O)(=O)C3CC3)C2)c1C. The molecule has 0 aromatic carbocycles. The fourth-order valence-corrected chi connectivity index (χ4v) is 5.22. The lowest BCUT2D eigenvalue weighted by Gasteiger charge is -2.26. The van der Waals surface area contributed by atoms with Crippen molar-refractivity contribution in [2.45, 2.75) is 44.4 Å². The maximum atomic E-state index is 12.5. The number of aromatic nitrogens is 4. The number of rotatable bonds is 4. The van der Waals surface area contributed by atoms with Crippen LogP contribution in [0.15, 0.2) is 6.33 Å². The largest absolute Gasteiger partial charge is 0.355 e. The lowest BCUT2D eigenvalue weighted by atomic mass is 10.2. The van der Waals surface area contributed by atoms with Gasteiger partial charge in [0.05, 0.1) is 5.25 Å². The van der Waals surface area contributed by atoms with Gasteiger partial charge in [-0.3, -0.25) is 0 Å². The van der Waals surface area contributed by atoms with E-state index in [9.17, 15) is 8.42 Å². The molecule has 4 rings (SSSR count). The van der Waals surface area contributed by atoms with Gasteiger partial charge in [0, 0.05) is 37.4 Å². The van der Waals surface area contributed by atoms with E-state index in [4.69, 9.17) is 0 Å². The van der Waals surface area contributed by atoms with Crippen molar-refractivity contribution < 1.29 is 8.42 Å². The third-order valence-electron chi connectivity index (χ3n) is 5.20. The predicted molar refractivity (Wildman–Crippen MR) is 90.6 cm³/mol. The minimum atomic E-state index is -3.15. The summed E-state index contributed by atoms with van der Waals surface area (Å²) in [7, 11) is -1.43. The van der Waals surface area contributed by atoms with Gasteiger partial charge in [0.15, 0.2) is 0 Å². The van der Waals surface area contributed by atoms with E-state index >= 15 is 0 Å². The molecule has 9 heteroatoms. The molecule has 0 amide bonds. The summed E-state index contributed by atoms with van der Waals surface area (Å²) in [6.45, 7) is 5.46. The highest BCUT2D eigenvalue weighted by Crippen LogP contribution is 2.34. The molecule has 0 N–H and O–H groups in total. The van der Waals surface area contributed by atoms with E-state index < -0.39 is 10.0 Å². The lowest BCUT2D eigenvalue weighted by Crippen LogP contribution is -2.41. The summed E-state index contributed by atoms with van der Waals surface area (Å²) in [6.07, 6.45) is 3.91. The number of hydrogen-bond acceptors (Lipinski definition) is 6. The first-order chi connectivity index (χ1) is 11.4. The third kappa shape index (κ3) is 2.37. The fraction of sp³-hybridized carbons (Fsp3) is 0.667. The summed E-state index contributed by atoms with van der Waals surface area (Å²) in [5.41, 5.74) is 1.98. The zero-order chi connectivity index (χ0) is 17.1. The van der Waals surface area contributed by atoms with Gasteiger partial charge in [0.2, 0.25) is 10.0 Å². The van der Waals surface area contributed by atoms with E-state index in [1.807, 2.05) is 13.8 Å². The van der Waals surface area contributed by atoms with Crippen LogP contribution in [0.1, 0.15) is 30.5 Å². The van der Waals surface area contributed by atoms with E-state index in [-0.39, 0.29) is 11.3 Å². The molecule has 1 unspecified atom stereocenters. The van der Waals surface area contributed by atoms with Gasteiger partial charge in [0.1, 0.15) is 12.1 Å². The molecule has 1 atom stereocenters. The van der Waals surface area contributed by atoms with Crippen LogP contribution in [0.4, 0.5) is 5.82 Å². The van der Waals surface area contributed by atoms with E-state index in [1.54, 1.807) is 15.9 Å². The Morgan fingerprint density at radius 1 is 1.25 bits per heavy atom. The Balaban J connectivity index is 1.64. The van der Waals surface area contributed by atoms with Crippen LogP contribution >= 0.6 is 0 Å². The van der Waals surface area contributed by atoms with Gasteiger partial charge in [-0.2, -0.15) is 18.9 Å². The minimum absolute atomic E-state index is 0.00189. The van der Waals surface area contributed by atoms with Crippen LogP contribution in [0.25, 0.3) is 5.78 Å². The molecular formula is C15H22N6O2S. The van der Waals surface area contributed by atoms with Crippen LogP contribution in [-0.4, -0.2) is 63.7 Å². The smallest absolute Gasteiger partial charge is 0.254 e. The quantitative estimate of drug-likeness (QED) is 0.809. The van der Waals surface area contributed by atoms with Gasteiger partial charge < -0.3 is 4.90 Å². The average molecular weight is 350 g/mol. The summed E-state index contributed by atoms with van der Waals surface area (Å²) in [6, 6.07) is 0.00189. The van der Waals surface area contributed by atoms with Crippen molar-refractivity contribution in [2.24, 2.45) is 0 Å². The molecule has 1 saturated heterocycles. The normalized spacial score (nSPS) is 22.0. The zero-order valence-corrected chi connectivity index (χ0v) is 15.0. The molecule has 2 aromatic heterocycles. The second-order valence-corrected chi connectivity index (χ2v) is 9.04. The van der Waals surface area contributed by atoms with Crippen molar-refractivity contribution in [2.75, 3.05) is 25.0 Å². The Morgan fingerprint density at radius 2 is 2.00 bits per heavy atom. The van der Waals surface area contributed by atoms with E-state index in [0.717, 1.165) is 42.9 Å². The third-order valence-corrected chi connectivity index (χ3v) is 7.62. The van der Waals surface area contributed by atoms with E-state index in [2.05, 4.69) is 20.0 Å². The van der Waals surface area contributed by atoms with Crippen LogP contribution in [0, 0.1) is 13.8 Å². The second-order valence-electron chi connectivity index (χ2n) is 6.77. The molecule has 2 aliphatic rings. The fourth-order valence-electron chi connectivity index (χ4n) is 3.43. The van der Waals surface area contributed by atoms with Crippen LogP contribution in [0.3, 0.4) is 0 Å². The van der Waals surface area contributed by atoms with Crippen molar-refractivity contribution in [3.63, 3.8) is 0 Å². The topological polar surface area (TPSA) is 83.7 Å². The number of fused-ring (bicyclic) bond motifs is 1. The van der Waals surface area contributed by atoms with Gasteiger partial charge in [-0.05, 0) is 33.1 Å². The number of aryl methyl sites for hydroxylation is 1. The van der Waals surface area contributed by atoms with Crippen molar-refractivity contribution in [1.29, 1.82) is 0 Å². The van der Waals surface area contributed by atoms with Crippen LogP contribution < -0.4 is 4.90 Å². The molecule has 0 radical (unpaired) electrons. The Kier molecular flexibility index (Phi) is 3.54. The highest BCUT2D eigenvalue weighted by molar-refractivity contribution is 7.90. The maximum absolute atomic E-state index is 12.5. The van der Waals surface area contributed by atoms with Gasteiger partial charge in [-0.25, -0.2) is 13.4 Å².